The Morgan fingerprint density at radius 2 is 2.17 bits per heavy atom. The highest BCUT2D eigenvalue weighted by atomic mass is 16.2. The standard InChI is InChI=1S/C17H18N6O/c24-17(19-14-6-7-16-18-8-9-22(16)11-14)15-12-23(21-20-15)10-13-4-2-1-3-5-13/h1-5,8-9,12,14H,6-7,10-11H2,(H,19,24)/t14-/m0/s1. The van der Waals surface area contributed by atoms with Gasteiger partial charge in [0.1, 0.15) is 5.82 Å². The number of carbonyl (C=O) groups is 1. The maximum Gasteiger partial charge on any atom is 0.273 e. The molecule has 1 aliphatic rings. The summed E-state index contributed by atoms with van der Waals surface area (Å²) in [7, 11) is 0. The monoisotopic (exact) mass is 322 g/mol. The number of nitrogens with zero attached hydrogens (tertiary/aromatic N) is 5. The van der Waals surface area contributed by atoms with E-state index >= 15 is 0 Å². The zero-order valence-corrected chi connectivity index (χ0v) is 13.2. The quantitative estimate of drug-likeness (QED) is 0.784. The molecule has 0 saturated carbocycles. The molecule has 2 aromatic heterocycles. The fourth-order valence-electron chi connectivity index (χ4n) is 2.99. The molecule has 0 radical (unpaired) electrons. The van der Waals surface area contributed by atoms with Gasteiger partial charge in [-0.2, -0.15) is 0 Å². The Bertz CT molecular complexity index is 838. The first-order chi connectivity index (χ1) is 11.8. The first-order valence-electron chi connectivity index (χ1n) is 8.03. The van der Waals surface area contributed by atoms with E-state index in [2.05, 4.69) is 25.2 Å². The van der Waals surface area contributed by atoms with Gasteiger partial charge >= 0.3 is 0 Å². The highest BCUT2D eigenvalue weighted by molar-refractivity contribution is 5.92. The fourth-order valence-corrected chi connectivity index (χ4v) is 2.99. The van der Waals surface area contributed by atoms with Crippen molar-refractivity contribution in [2.45, 2.75) is 32.0 Å². The van der Waals surface area contributed by atoms with Crippen LogP contribution >= 0.6 is 0 Å². The minimum absolute atomic E-state index is 0.0958. The Morgan fingerprint density at radius 3 is 3.04 bits per heavy atom. The molecular weight excluding hydrogens is 304 g/mol. The van der Waals surface area contributed by atoms with Crippen molar-refractivity contribution < 1.29 is 4.79 Å². The summed E-state index contributed by atoms with van der Waals surface area (Å²) in [5.74, 6) is 0.900. The number of benzene rings is 1. The highest BCUT2D eigenvalue weighted by Gasteiger charge is 2.22. The van der Waals surface area contributed by atoms with E-state index in [4.69, 9.17) is 0 Å². The van der Waals surface area contributed by atoms with Crippen LogP contribution in [0, 0.1) is 0 Å². The predicted octanol–water partition coefficient (Wildman–Crippen LogP) is 1.27. The smallest absolute Gasteiger partial charge is 0.273 e. The van der Waals surface area contributed by atoms with Gasteiger partial charge in [0.25, 0.3) is 5.91 Å². The Labute approximate surface area is 139 Å². The fraction of sp³-hybridized carbons (Fsp3) is 0.294. The van der Waals surface area contributed by atoms with Crippen LogP contribution in [0.5, 0.6) is 0 Å². The van der Waals surface area contributed by atoms with E-state index in [0.29, 0.717) is 12.2 Å². The number of fused-ring (bicyclic) bond motifs is 1. The number of carbonyl (C=O) groups excluding carboxylic acids is 1. The predicted molar refractivity (Wildman–Crippen MR) is 87.4 cm³/mol. The Kier molecular flexibility index (Phi) is 3.82. The molecule has 1 N–H and O–H groups in total. The van der Waals surface area contributed by atoms with Crippen LogP contribution in [0.3, 0.4) is 0 Å². The van der Waals surface area contributed by atoms with Gasteiger partial charge in [0.15, 0.2) is 5.69 Å². The van der Waals surface area contributed by atoms with Gasteiger partial charge in [-0.1, -0.05) is 35.5 Å². The zero-order valence-electron chi connectivity index (χ0n) is 13.2. The number of hydrogen-bond donors (Lipinski definition) is 1. The first kappa shape index (κ1) is 14.6. The molecule has 0 unspecified atom stereocenters. The van der Waals surface area contributed by atoms with E-state index < -0.39 is 0 Å². The molecule has 0 bridgehead atoms. The largest absolute Gasteiger partial charge is 0.346 e. The van der Waals surface area contributed by atoms with Gasteiger partial charge in [-0.25, -0.2) is 9.67 Å². The molecule has 7 heteroatoms. The second kappa shape index (κ2) is 6.27. The maximum atomic E-state index is 12.4. The molecule has 3 heterocycles. The molecule has 1 amide bonds. The first-order valence-corrected chi connectivity index (χ1v) is 8.03. The van der Waals surface area contributed by atoms with Gasteiger partial charge in [0.05, 0.1) is 12.7 Å². The summed E-state index contributed by atoms with van der Waals surface area (Å²) in [6.45, 7) is 1.35. The summed E-state index contributed by atoms with van der Waals surface area (Å²) in [6, 6.07) is 10.1. The number of rotatable bonds is 4. The molecule has 0 fully saturated rings. The Hall–Kier alpha value is -2.96. The average molecular weight is 322 g/mol. The van der Waals surface area contributed by atoms with E-state index in [-0.39, 0.29) is 11.9 Å². The lowest BCUT2D eigenvalue weighted by Gasteiger charge is -2.24. The van der Waals surface area contributed by atoms with E-state index in [0.717, 1.165) is 30.8 Å². The molecule has 3 aromatic rings. The molecule has 24 heavy (non-hydrogen) atoms. The third kappa shape index (κ3) is 3.05. The number of amides is 1. The van der Waals surface area contributed by atoms with Crippen LogP contribution < -0.4 is 5.32 Å². The van der Waals surface area contributed by atoms with Crippen LogP contribution in [0.2, 0.25) is 0 Å². The average Bonchev–Trinajstić information content (AvgIpc) is 3.24. The Balaban J connectivity index is 1.39. The second-order valence-corrected chi connectivity index (χ2v) is 5.99. The molecule has 122 valence electrons. The summed E-state index contributed by atoms with van der Waals surface area (Å²) in [6.07, 6.45) is 7.20. The number of hydrogen-bond acceptors (Lipinski definition) is 4. The van der Waals surface area contributed by atoms with Gasteiger partial charge in [-0.3, -0.25) is 4.79 Å². The number of aromatic nitrogens is 5. The van der Waals surface area contributed by atoms with E-state index in [1.54, 1.807) is 17.1 Å². The summed E-state index contributed by atoms with van der Waals surface area (Å²) in [5.41, 5.74) is 1.47. The summed E-state index contributed by atoms with van der Waals surface area (Å²) >= 11 is 0. The lowest BCUT2D eigenvalue weighted by molar-refractivity contribution is 0.0922. The van der Waals surface area contributed by atoms with Crippen LogP contribution in [-0.2, 0) is 19.5 Å². The van der Waals surface area contributed by atoms with Crippen molar-refractivity contribution in [2.24, 2.45) is 0 Å². The second-order valence-electron chi connectivity index (χ2n) is 5.99. The van der Waals surface area contributed by atoms with Crippen molar-refractivity contribution in [3.05, 3.63) is 66.0 Å². The van der Waals surface area contributed by atoms with Crippen molar-refractivity contribution in [1.29, 1.82) is 0 Å². The van der Waals surface area contributed by atoms with Gasteiger partial charge < -0.3 is 9.88 Å². The van der Waals surface area contributed by atoms with Gasteiger partial charge in [0.2, 0.25) is 0 Å². The third-order valence-corrected chi connectivity index (χ3v) is 4.23. The van der Waals surface area contributed by atoms with Crippen molar-refractivity contribution in [3.63, 3.8) is 0 Å². The van der Waals surface area contributed by atoms with Crippen molar-refractivity contribution in [3.8, 4) is 0 Å². The molecule has 0 aliphatic carbocycles. The van der Waals surface area contributed by atoms with Crippen molar-refractivity contribution in [1.82, 2.24) is 29.9 Å². The summed E-state index contributed by atoms with van der Waals surface area (Å²) in [4.78, 5) is 16.7. The number of imidazole rings is 1. The van der Waals surface area contributed by atoms with Crippen LogP contribution in [0.4, 0.5) is 0 Å². The van der Waals surface area contributed by atoms with Crippen molar-refractivity contribution in [2.75, 3.05) is 0 Å². The van der Waals surface area contributed by atoms with Gasteiger partial charge in [-0.05, 0) is 12.0 Å². The number of nitrogens with one attached hydrogen (secondary N) is 1. The van der Waals surface area contributed by atoms with E-state index in [1.165, 1.54) is 0 Å². The van der Waals surface area contributed by atoms with E-state index in [9.17, 15) is 4.79 Å². The number of aryl methyl sites for hydroxylation is 1. The van der Waals surface area contributed by atoms with Gasteiger partial charge in [0, 0.05) is 31.4 Å². The van der Waals surface area contributed by atoms with Crippen LogP contribution in [-0.4, -0.2) is 36.5 Å². The molecule has 4 rings (SSSR count). The van der Waals surface area contributed by atoms with Crippen molar-refractivity contribution >= 4 is 5.91 Å². The van der Waals surface area contributed by atoms with Crippen LogP contribution in [0.15, 0.2) is 48.9 Å². The molecular formula is C17H18N6O. The SMILES string of the molecule is O=C(N[C@H]1CCc2nccn2C1)c1cn(Cc2ccccc2)nn1. The van der Waals surface area contributed by atoms with Crippen LogP contribution in [0.1, 0.15) is 28.3 Å². The summed E-state index contributed by atoms with van der Waals surface area (Å²) in [5, 5.41) is 11.1. The maximum absolute atomic E-state index is 12.4. The minimum atomic E-state index is -0.178. The molecule has 1 atom stereocenters. The normalized spacial score (nSPS) is 16.6. The third-order valence-electron chi connectivity index (χ3n) is 4.23. The van der Waals surface area contributed by atoms with Crippen LogP contribution in [0.25, 0.3) is 0 Å². The highest BCUT2D eigenvalue weighted by Crippen LogP contribution is 2.13. The summed E-state index contributed by atoms with van der Waals surface area (Å²) < 4.78 is 3.76. The lowest BCUT2D eigenvalue weighted by atomic mass is 10.1. The topological polar surface area (TPSA) is 77.6 Å². The van der Waals surface area contributed by atoms with E-state index in [1.807, 2.05) is 36.5 Å². The minimum Gasteiger partial charge on any atom is -0.346 e. The molecule has 7 nitrogen and oxygen atoms in total. The zero-order chi connectivity index (χ0) is 16.4. The molecule has 0 spiro atoms. The lowest BCUT2D eigenvalue weighted by Crippen LogP contribution is -2.41. The molecule has 1 aliphatic heterocycles. The van der Waals surface area contributed by atoms with Gasteiger partial charge in [-0.15, -0.1) is 5.10 Å². The molecule has 0 saturated heterocycles. The Morgan fingerprint density at radius 1 is 1.29 bits per heavy atom. The molecule has 1 aromatic carbocycles.